The highest BCUT2D eigenvalue weighted by Gasteiger charge is 2.36. The number of nitrogens with zero attached hydrogens (tertiary/aromatic N) is 3. The highest BCUT2D eigenvalue weighted by Crippen LogP contribution is 2.42. The van der Waals surface area contributed by atoms with Crippen molar-refractivity contribution in [2.24, 2.45) is 0 Å². The second-order valence-corrected chi connectivity index (χ2v) is 9.12. The van der Waals surface area contributed by atoms with E-state index >= 15 is 0 Å². The van der Waals surface area contributed by atoms with Gasteiger partial charge in [0.15, 0.2) is 16.8 Å². The van der Waals surface area contributed by atoms with E-state index < -0.39 is 23.8 Å². The summed E-state index contributed by atoms with van der Waals surface area (Å²) in [6, 6.07) is 1.13. The van der Waals surface area contributed by atoms with Crippen molar-refractivity contribution >= 4 is 50.7 Å². The largest absolute Gasteiger partial charge is 0.573 e. The van der Waals surface area contributed by atoms with Gasteiger partial charge in [0.2, 0.25) is 0 Å². The molecule has 1 aliphatic rings. The number of alkyl halides is 3. The van der Waals surface area contributed by atoms with Gasteiger partial charge >= 0.3 is 12.5 Å². The molecule has 0 radical (unpaired) electrons. The Hall–Kier alpha value is -1.88. The monoisotopic (exact) mass is 513 g/mol. The fourth-order valence-electron chi connectivity index (χ4n) is 3.05. The zero-order valence-electron chi connectivity index (χ0n) is 16.6. The molecule has 3 rings (SSSR count). The lowest BCUT2D eigenvalue weighted by Crippen LogP contribution is -2.55. The Morgan fingerprint density at radius 3 is 2.57 bits per heavy atom. The maximum atomic E-state index is 12.8. The summed E-state index contributed by atoms with van der Waals surface area (Å²) in [4.78, 5) is 19.9. The van der Waals surface area contributed by atoms with E-state index in [0.29, 0.717) is 24.1 Å². The number of hydrogen-bond donors (Lipinski definition) is 0. The minimum absolute atomic E-state index is 0.0795. The first-order chi connectivity index (χ1) is 13.7. The number of piperazine rings is 1. The molecule has 0 spiro atoms. The van der Waals surface area contributed by atoms with Gasteiger partial charge in [-0.15, -0.1) is 13.2 Å². The van der Waals surface area contributed by atoms with Crippen molar-refractivity contribution in [2.45, 2.75) is 45.7 Å². The first-order valence-electron chi connectivity index (χ1n) is 9.04. The Morgan fingerprint density at radius 1 is 1.33 bits per heavy atom. The summed E-state index contributed by atoms with van der Waals surface area (Å²) in [6.45, 7) is 8.24. The lowest BCUT2D eigenvalue weighted by atomic mass is 10.2. The third-order valence-corrected chi connectivity index (χ3v) is 5.13. The smallest absolute Gasteiger partial charge is 0.444 e. The van der Waals surface area contributed by atoms with Gasteiger partial charge in [0, 0.05) is 25.7 Å². The molecule has 0 aliphatic carbocycles. The number of carbonyl (C=O) groups excluding carboxylic acids is 1. The van der Waals surface area contributed by atoms with E-state index in [1.54, 1.807) is 30.6 Å². The van der Waals surface area contributed by atoms with Crippen molar-refractivity contribution in [3.05, 3.63) is 15.6 Å². The lowest BCUT2D eigenvalue weighted by molar-refractivity contribution is -0.274. The molecule has 1 aliphatic heterocycles. The third-order valence-electron chi connectivity index (χ3n) is 4.26. The molecule has 1 aromatic carbocycles. The average molecular weight is 515 g/mol. The quantitative estimate of drug-likeness (QED) is 0.521. The van der Waals surface area contributed by atoms with Crippen LogP contribution in [0.1, 0.15) is 27.7 Å². The molecule has 1 amide bonds. The third kappa shape index (κ3) is 5.05. The molecular weight excluding hydrogens is 495 g/mol. The molecular formula is C18H20BrClF3N3O4. The first-order valence-corrected chi connectivity index (χ1v) is 10.2. The molecule has 1 fully saturated rings. The van der Waals surface area contributed by atoms with Crippen LogP contribution in [0.15, 0.2) is 15.0 Å². The number of ether oxygens (including phenoxy) is 2. The summed E-state index contributed by atoms with van der Waals surface area (Å²) in [5.74, 6) is -0.627. The van der Waals surface area contributed by atoms with Gasteiger partial charge in [0.1, 0.15) is 5.60 Å². The van der Waals surface area contributed by atoms with Gasteiger partial charge in [0.25, 0.3) is 6.01 Å². The van der Waals surface area contributed by atoms with Crippen LogP contribution < -0.4 is 9.64 Å². The van der Waals surface area contributed by atoms with E-state index in [0.717, 1.165) is 0 Å². The second kappa shape index (κ2) is 7.99. The topological polar surface area (TPSA) is 68.0 Å². The lowest BCUT2D eigenvalue weighted by Gasteiger charge is -2.39. The molecule has 30 heavy (non-hydrogen) atoms. The van der Waals surface area contributed by atoms with Gasteiger partial charge in [-0.25, -0.2) is 4.79 Å². The predicted octanol–water partition coefficient (Wildman–Crippen LogP) is 5.59. The van der Waals surface area contributed by atoms with E-state index in [-0.39, 0.29) is 28.2 Å². The van der Waals surface area contributed by atoms with Gasteiger partial charge in [-0.1, -0.05) is 11.6 Å². The number of benzene rings is 1. The molecule has 2 aromatic rings. The van der Waals surface area contributed by atoms with Crippen LogP contribution in [0.2, 0.25) is 5.02 Å². The molecule has 1 saturated heterocycles. The maximum Gasteiger partial charge on any atom is 0.573 e. The zero-order chi connectivity index (χ0) is 22.4. The summed E-state index contributed by atoms with van der Waals surface area (Å²) in [7, 11) is 0. The molecule has 166 valence electrons. The van der Waals surface area contributed by atoms with Crippen LogP contribution in [0.3, 0.4) is 0 Å². The highest BCUT2D eigenvalue weighted by atomic mass is 79.9. The molecule has 0 saturated carbocycles. The number of hydrogen-bond acceptors (Lipinski definition) is 6. The Bertz CT molecular complexity index is 961. The van der Waals surface area contributed by atoms with Crippen LogP contribution in [0, 0.1) is 0 Å². The van der Waals surface area contributed by atoms with Gasteiger partial charge < -0.3 is 23.7 Å². The fourth-order valence-corrected chi connectivity index (χ4v) is 3.92. The van der Waals surface area contributed by atoms with Crippen molar-refractivity contribution in [2.75, 3.05) is 24.5 Å². The van der Waals surface area contributed by atoms with Crippen LogP contribution in [0.4, 0.5) is 24.0 Å². The first kappa shape index (κ1) is 22.8. The van der Waals surface area contributed by atoms with Crippen LogP contribution in [0.25, 0.3) is 11.1 Å². The van der Waals surface area contributed by atoms with E-state index in [1.807, 2.05) is 6.92 Å². The number of fused-ring (bicyclic) bond motifs is 1. The van der Waals surface area contributed by atoms with E-state index in [2.05, 4.69) is 25.7 Å². The number of rotatable bonds is 2. The van der Waals surface area contributed by atoms with Crippen molar-refractivity contribution < 1.29 is 31.9 Å². The summed E-state index contributed by atoms with van der Waals surface area (Å²) in [6.07, 6.45) is -5.36. The number of amides is 1. The number of anilines is 1. The molecule has 1 aromatic heterocycles. The average Bonchev–Trinajstić information content (AvgIpc) is 3.02. The Balaban J connectivity index is 1.85. The Morgan fingerprint density at radius 2 is 2.00 bits per heavy atom. The molecule has 1 atom stereocenters. The molecule has 7 nitrogen and oxygen atoms in total. The van der Waals surface area contributed by atoms with Crippen LogP contribution >= 0.6 is 27.5 Å². The second-order valence-electron chi connectivity index (χ2n) is 7.86. The van der Waals surface area contributed by atoms with Crippen molar-refractivity contribution in [3.63, 3.8) is 0 Å². The molecule has 0 N–H and O–H groups in total. The predicted molar refractivity (Wildman–Crippen MR) is 108 cm³/mol. The number of aromatic nitrogens is 1. The van der Waals surface area contributed by atoms with E-state index in [9.17, 15) is 18.0 Å². The van der Waals surface area contributed by atoms with E-state index in [4.69, 9.17) is 20.8 Å². The van der Waals surface area contributed by atoms with Crippen LogP contribution in [0.5, 0.6) is 5.75 Å². The number of oxazole rings is 1. The molecule has 0 bridgehead atoms. The normalized spacial score (nSPS) is 18.1. The van der Waals surface area contributed by atoms with Crippen molar-refractivity contribution in [1.82, 2.24) is 9.88 Å². The van der Waals surface area contributed by atoms with Crippen LogP contribution in [-0.2, 0) is 4.74 Å². The maximum absolute atomic E-state index is 12.8. The van der Waals surface area contributed by atoms with Gasteiger partial charge in [-0.2, -0.15) is 4.98 Å². The molecule has 12 heteroatoms. The van der Waals surface area contributed by atoms with Crippen molar-refractivity contribution in [3.8, 4) is 5.75 Å². The SMILES string of the molecule is C[C@H]1CN(c2nc3c(OC(F)(F)F)c(Cl)cc(Br)c3o2)CCN1C(=O)OC(C)(C)C. The summed E-state index contributed by atoms with van der Waals surface area (Å²) >= 11 is 9.16. The molecule has 2 heterocycles. The van der Waals surface area contributed by atoms with Gasteiger partial charge in [-0.3, -0.25) is 0 Å². The van der Waals surface area contributed by atoms with E-state index in [1.165, 1.54) is 6.07 Å². The van der Waals surface area contributed by atoms with Gasteiger partial charge in [-0.05, 0) is 49.7 Å². The van der Waals surface area contributed by atoms with Gasteiger partial charge in [0.05, 0.1) is 9.50 Å². The summed E-state index contributed by atoms with van der Waals surface area (Å²) in [5.41, 5.74) is -0.686. The summed E-state index contributed by atoms with van der Waals surface area (Å²) < 4.78 is 53.9. The molecule has 0 unspecified atom stereocenters. The minimum atomic E-state index is -4.93. The van der Waals surface area contributed by atoms with Crippen molar-refractivity contribution in [1.29, 1.82) is 0 Å². The zero-order valence-corrected chi connectivity index (χ0v) is 19.0. The minimum Gasteiger partial charge on any atom is -0.444 e. The number of halogens is 5. The summed E-state index contributed by atoms with van der Waals surface area (Å²) in [5, 5.41) is -0.255. The standard InChI is InChI=1S/C18H20BrClF3N3O4/c1-9-8-25(5-6-26(9)16(27)30-17(2,3)4)15-24-12-13(28-15)10(19)7-11(20)14(12)29-18(21,22)23/h7,9H,5-6,8H2,1-4H3/t9-/m0/s1. The fraction of sp³-hybridized carbons (Fsp3) is 0.556. The Kier molecular flexibility index (Phi) is 6.07. The highest BCUT2D eigenvalue weighted by molar-refractivity contribution is 9.10. The Labute approximate surface area is 184 Å². The van der Waals surface area contributed by atoms with Crippen LogP contribution in [-0.4, -0.2) is 53.6 Å². The number of carbonyl (C=O) groups is 1.